The molecular weight excluding hydrogens is 420 g/mol. The fourth-order valence-corrected chi connectivity index (χ4v) is 3.56. The molecular formula is C19H22F4N6O2. The van der Waals surface area contributed by atoms with Crippen molar-refractivity contribution in [3.63, 3.8) is 0 Å². The monoisotopic (exact) mass is 442 g/mol. The normalized spacial score (nSPS) is 18.7. The number of carbonyl (C=O) groups is 1. The highest BCUT2D eigenvalue weighted by Crippen LogP contribution is 2.41. The van der Waals surface area contributed by atoms with Gasteiger partial charge in [-0.3, -0.25) is 5.43 Å². The molecule has 1 N–H and O–H groups in total. The molecule has 0 aromatic heterocycles. The van der Waals surface area contributed by atoms with Crippen molar-refractivity contribution >= 4 is 29.1 Å². The minimum Gasteiger partial charge on any atom is -0.444 e. The van der Waals surface area contributed by atoms with Crippen molar-refractivity contribution in [2.75, 3.05) is 37.7 Å². The number of hydrogen-bond acceptors (Lipinski definition) is 7. The van der Waals surface area contributed by atoms with E-state index in [1.54, 1.807) is 25.7 Å². The molecule has 0 aliphatic carbocycles. The molecule has 12 heteroatoms. The van der Waals surface area contributed by atoms with Gasteiger partial charge in [0.05, 0.1) is 16.9 Å². The summed E-state index contributed by atoms with van der Waals surface area (Å²) in [6.45, 7) is 7.11. The first-order valence-corrected chi connectivity index (χ1v) is 9.75. The van der Waals surface area contributed by atoms with Gasteiger partial charge in [-0.05, 0) is 26.8 Å². The van der Waals surface area contributed by atoms with Gasteiger partial charge < -0.3 is 19.4 Å². The number of anilines is 1. The van der Waals surface area contributed by atoms with Crippen LogP contribution < -0.4 is 10.3 Å². The number of halogens is 4. The van der Waals surface area contributed by atoms with E-state index in [4.69, 9.17) is 4.74 Å². The Morgan fingerprint density at radius 1 is 1.10 bits per heavy atom. The number of rotatable bonds is 0. The number of hydrazone groups is 1. The summed E-state index contributed by atoms with van der Waals surface area (Å²) < 4.78 is 59.0. The van der Waals surface area contributed by atoms with Gasteiger partial charge in [0.25, 0.3) is 0 Å². The van der Waals surface area contributed by atoms with Gasteiger partial charge in [-0.15, -0.1) is 0 Å². The molecule has 0 bridgehead atoms. The highest BCUT2D eigenvalue weighted by Gasteiger charge is 2.40. The number of carbonyl (C=O) groups excluding carboxylic acids is 1. The van der Waals surface area contributed by atoms with Crippen molar-refractivity contribution < 1.29 is 27.1 Å². The number of benzene rings is 1. The Balaban J connectivity index is 1.58. The molecule has 1 aromatic carbocycles. The van der Waals surface area contributed by atoms with Crippen LogP contribution in [0.2, 0.25) is 0 Å². The van der Waals surface area contributed by atoms with Crippen LogP contribution in [0.3, 0.4) is 0 Å². The van der Waals surface area contributed by atoms with Crippen LogP contribution in [0.4, 0.5) is 33.7 Å². The summed E-state index contributed by atoms with van der Waals surface area (Å²) in [5, 5.41) is 4.17. The lowest BCUT2D eigenvalue weighted by atomic mass is 10.1. The largest absolute Gasteiger partial charge is 0.444 e. The lowest BCUT2D eigenvalue weighted by molar-refractivity contribution is -0.139. The summed E-state index contributed by atoms with van der Waals surface area (Å²) in [6, 6.07) is 1.55. The van der Waals surface area contributed by atoms with Crippen molar-refractivity contribution in [1.82, 2.24) is 15.2 Å². The molecule has 3 aliphatic heterocycles. The fourth-order valence-electron chi connectivity index (χ4n) is 3.56. The van der Waals surface area contributed by atoms with Gasteiger partial charge in [-0.2, -0.15) is 18.3 Å². The standard InChI is InChI=1S/C19H22F4N6O2/c1-18(2,3)31-17(30)28-6-4-27(5-7-28)15-16-26-24-10-29(16)14-8-11(19(21,22)23)12(20)9-13(14)25-15/h8-9,24H,4-7,10H2,1-3H3. The summed E-state index contributed by atoms with van der Waals surface area (Å²) in [6.07, 6.45) is -5.22. The molecule has 31 heavy (non-hydrogen) atoms. The molecule has 1 fully saturated rings. The molecule has 0 atom stereocenters. The SMILES string of the molecule is CC(C)(C)OC(=O)N1CCN(C2=Nc3cc(F)c(C(F)(F)F)cc3N3CNN=C23)CC1. The molecule has 1 amide bonds. The van der Waals surface area contributed by atoms with E-state index in [1.807, 2.05) is 4.90 Å². The van der Waals surface area contributed by atoms with E-state index in [2.05, 4.69) is 15.5 Å². The second-order valence-electron chi connectivity index (χ2n) is 8.39. The Kier molecular flexibility index (Phi) is 4.97. The number of amides is 1. The maximum atomic E-state index is 14.1. The number of ether oxygens (including phenoxy) is 1. The first kappa shape index (κ1) is 21.2. The van der Waals surface area contributed by atoms with Crippen LogP contribution in [-0.2, 0) is 10.9 Å². The third kappa shape index (κ3) is 4.10. The highest BCUT2D eigenvalue weighted by atomic mass is 19.4. The van der Waals surface area contributed by atoms with Crippen molar-refractivity contribution in [1.29, 1.82) is 0 Å². The predicted molar refractivity (Wildman–Crippen MR) is 106 cm³/mol. The van der Waals surface area contributed by atoms with Crippen LogP contribution >= 0.6 is 0 Å². The minimum absolute atomic E-state index is 0.0951. The lowest BCUT2D eigenvalue weighted by Crippen LogP contribution is -2.55. The van der Waals surface area contributed by atoms with Gasteiger partial charge >= 0.3 is 12.3 Å². The molecule has 0 unspecified atom stereocenters. The Labute approximate surface area is 176 Å². The van der Waals surface area contributed by atoms with E-state index >= 15 is 0 Å². The van der Waals surface area contributed by atoms with E-state index in [-0.39, 0.29) is 18.0 Å². The molecule has 8 nitrogen and oxygen atoms in total. The molecule has 0 radical (unpaired) electrons. The zero-order valence-electron chi connectivity index (χ0n) is 17.3. The average molecular weight is 442 g/mol. The summed E-state index contributed by atoms with van der Waals surface area (Å²) in [7, 11) is 0. The Hall–Kier alpha value is -3.05. The highest BCUT2D eigenvalue weighted by molar-refractivity contribution is 6.47. The quantitative estimate of drug-likeness (QED) is 0.625. The van der Waals surface area contributed by atoms with Crippen molar-refractivity contribution in [3.8, 4) is 0 Å². The maximum absolute atomic E-state index is 14.1. The van der Waals surface area contributed by atoms with E-state index in [0.717, 1.165) is 12.1 Å². The third-order valence-electron chi connectivity index (χ3n) is 4.99. The van der Waals surface area contributed by atoms with Crippen molar-refractivity contribution in [2.45, 2.75) is 32.5 Å². The number of hydrogen-bond donors (Lipinski definition) is 1. The zero-order valence-corrected chi connectivity index (χ0v) is 17.3. The second kappa shape index (κ2) is 7.27. The molecule has 4 rings (SSSR count). The second-order valence-corrected chi connectivity index (χ2v) is 8.39. The Bertz CT molecular complexity index is 961. The summed E-state index contributed by atoms with van der Waals surface area (Å²) in [5.41, 5.74) is 1.03. The van der Waals surface area contributed by atoms with Gasteiger partial charge in [0.2, 0.25) is 0 Å². The number of piperazine rings is 1. The van der Waals surface area contributed by atoms with Crippen LogP contribution in [0.25, 0.3) is 0 Å². The number of aliphatic imine (C=N–C) groups is 1. The van der Waals surface area contributed by atoms with Crippen LogP contribution in [0, 0.1) is 5.82 Å². The summed E-state index contributed by atoms with van der Waals surface area (Å²) in [4.78, 5) is 21.7. The molecule has 3 heterocycles. The van der Waals surface area contributed by atoms with E-state index < -0.39 is 29.3 Å². The van der Waals surface area contributed by atoms with Gasteiger partial charge in [0.15, 0.2) is 11.7 Å². The van der Waals surface area contributed by atoms with E-state index in [9.17, 15) is 22.4 Å². The van der Waals surface area contributed by atoms with Gasteiger partial charge in [0, 0.05) is 32.2 Å². The van der Waals surface area contributed by atoms with Crippen LogP contribution in [0.1, 0.15) is 26.3 Å². The number of fused-ring (bicyclic) bond motifs is 3. The fraction of sp³-hybridized carbons (Fsp3) is 0.526. The van der Waals surface area contributed by atoms with E-state index in [0.29, 0.717) is 37.9 Å². The molecule has 1 aromatic rings. The van der Waals surface area contributed by atoms with Crippen LogP contribution in [-0.4, -0.2) is 66.0 Å². The molecule has 1 saturated heterocycles. The van der Waals surface area contributed by atoms with Gasteiger partial charge in [0.1, 0.15) is 18.1 Å². The molecule has 168 valence electrons. The van der Waals surface area contributed by atoms with E-state index in [1.165, 1.54) is 4.90 Å². The first-order valence-electron chi connectivity index (χ1n) is 9.75. The van der Waals surface area contributed by atoms with Gasteiger partial charge in [-0.25, -0.2) is 14.2 Å². The Morgan fingerprint density at radius 3 is 2.39 bits per heavy atom. The van der Waals surface area contributed by atoms with Crippen LogP contribution in [0.15, 0.2) is 22.2 Å². The number of nitrogens with one attached hydrogen (secondary N) is 1. The summed E-state index contributed by atoms with van der Waals surface area (Å²) in [5.74, 6) is -0.602. The average Bonchev–Trinajstić information content (AvgIpc) is 3.14. The maximum Gasteiger partial charge on any atom is 0.419 e. The lowest BCUT2D eigenvalue weighted by Gasteiger charge is -2.39. The third-order valence-corrected chi connectivity index (χ3v) is 4.99. The topological polar surface area (TPSA) is 72.8 Å². The minimum atomic E-state index is -4.81. The molecule has 0 saturated carbocycles. The van der Waals surface area contributed by atoms with Crippen molar-refractivity contribution in [3.05, 3.63) is 23.5 Å². The molecule has 0 spiro atoms. The predicted octanol–water partition coefficient (Wildman–Crippen LogP) is 3.12. The number of amidine groups is 2. The first-order chi connectivity index (χ1) is 14.4. The number of alkyl halides is 3. The van der Waals surface area contributed by atoms with Crippen LogP contribution in [0.5, 0.6) is 0 Å². The zero-order chi connectivity index (χ0) is 22.6. The van der Waals surface area contributed by atoms with Gasteiger partial charge in [-0.1, -0.05) is 0 Å². The number of nitrogens with zero attached hydrogens (tertiary/aromatic N) is 5. The molecule has 3 aliphatic rings. The Morgan fingerprint density at radius 2 is 1.77 bits per heavy atom. The summed E-state index contributed by atoms with van der Waals surface area (Å²) >= 11 is 0. The smallest absolute Gasteiger partial charge is 0.419 e. The van der Waals surface area contributed by atoms with Crippen molar-refractivity contribution in [2.24, 2.45) is 10.1 Å².